The summed E-state index contributed by atoms with van der Waals surface area (Å²) in [6.45, 7) is 8.97. The summed E-state index contributed by atoms with van der Waals surface area (Å²) in [5.74, 6) is -2.84. The maximum absolute atomic E-state index is 13.1. The van der Waals surface area contributed by atoms with Crippen molar-refractivity contribution in [3.8, 4) is 0 Å². The molecule has 3 aliphatic rings. The minimum atomic E-state index is -1.03. The third-order valence-corrected chi connectivity index (χ3v) is 9.80. The Balaban J connectivity index is 0.000000866. The molecule has 3 fully saturated rings. The first-order valence-electron chi connectivity index (χ1n) is 19.9. The van der Waals surface area contributed by atoms with E-state index in [1.807, 2.05) is 0 Å². The Morgan fingerprint density at radius 2 is 1.06 bits per heavy atom. The number of carbonyl (C=O) groups excluding carboxylic acids is 2. The van der Waals surface area contributed by atoms with Crippen LogP contribution in [0.1, 0.15) is 67.2 Å². The van der Waals surface area contributed by atoms with Crippen LogP contribution < -0.4 is 22.1 Å². The number of piperidine rings is 3. The molecule has 6 N–H and O–H groups in total. The van der Waals surface area contributed by atoms with Crippen molar-refractivity contribution in [1.82, 2.24) is 14.7 Å². The highest BCUT2D eigenvalue weighted by atomic mass is 19.1. The number of ether oxygens (including phenoxy) is 2. The minimum Gasteiger partial charge on any atom is -0.450 e. The lowest BCUT2D eigenvalue weighted by Gasteiger charge is -2.32. The van der Waals surface area contributed by atoms with Crippen molar-refractivity contribution in [2.45, 2.75) is 85.4 Å². The zero-order chi connectivity index (χ0) is 45.1. The first-order valence-corrected chi connectivity index (χ1v) is 19.9. The molecule has 0 atom stereocenters. The number of anilines is 3. The number of hydrogen-bond acceptors (Lipinski definition) is 13. The molecule has 3 heterocycles. The molecule has 3 saturated heterocycles. The molecule has 0 bridgehead atoms. The lowest BCUT2D eigenvalue weighted by atomic mass is 10.0. The highest BCUT2D eigenvalue weighted by molar-refractivity contribution is 5.75. The lowest BCUT2D eigenvalue weighted by Crippen LogP contribution is -2.42. The summed E-state index contributed by atoms with van der Waals surface area (Å²) in [7, 11) is 2.14. The average molecular weight is 909 g/mol. The first kappa shape index (κ1) is 58.1. The smallest absolute Gasteiger partial charge is 0.409 e. The predicted molar refractivity (Wildman–Crippen MR) is 241 cm³/mol. The summed E-state index contributed by atoms with van der Waals surface area (Å²) < 4.78 is 60.6. The Kier molecular flexibility index (Phi) is 26.8. The largest absolute Gasteiger partial charge is 0.450 e. The van der Waals surface area contributed by atoms with E-state index in [-0.39, 0.29) is 59.0 Å². The van der Waals surface area contributed by atoms with Gasteiger partial charge in [-0.25, -0.2) is 22.8 Å². The molecule has 3 radical (unpaired) electrons. The average Bonchev–Trinajstić information content (AvgIpc) is 3.23. The van der Waals surface area contributed by atoms with Gasteiger partial charge in [0.1, 0.15) is 23.1 Å². The van der Waals surface area contributed by atoms with Crippen molar-refractivity contribution in [2.75, 3.05) is 75.9 Å². The van der Waals surface area contributed by atoms with Crippen molar-refractivity contribution in [2.24, 2.45) is 5.73 Å². The molecule has 0 aliphatic carbocycles. The summed E-state index contributed by atoms with van der Waals surface area (Å²) >= 11 is 0. The van der Waals surface area contributed by atoms with Gasteiger partial charge in [-0.15, -0.1) is 0 Å². The van der Waals surface area contributed by atoms with Crippen LogP contribution in [0.2, 0.25) is 0 Å². The van der Waals surface area contributed by atoms with Gasteiger partial charge in [0, 0.05) is 52.7 Å². The number of nitrogens with two attached hydrogens (primary N) is 2. The maximum Gasteiger partial charge on any atom is 0.409 e. The number of nitrogens with one attached hydrogen (secondary N) is 2. The summed E-state index contributed by atoms with van der Waals surface area (Å²) in [5.41, 5.74) is 11.7. The molecule has 0 unspecified atom stereocenters. The standard InChI is InChI=1S/C14H18FN3O4.C14H20FN3O2.C6H3F2NO2.C6H14N2.2CH4.B/c1-2-22-14(19)17-7-5-11(6-8-17)16-12-4-3-10(15)9-13(12)18(20)21;1-2-20-14(19)18-7-5-11(6-8-18)17-13-4-3-10(15)9-12(13)16;7-4-1-2-5(8)6(3-4)9(10)11;1-8-4-2-6(7)3-5-8;;;/h3-4,9,11,16H,2,5-8H2,1H3;3-4,9,11,17H,2,5-8,16H2,1H3;1-3H;6H,2-5,7H2,1H3;2*1H4;. The zero-order valence-corrected chi connectivity index (χ0v) is 35.1. The number of nitro benzene ring substituents is 2. The number of benzene rings is 3. The highest BCUT2D eigenvalue weighted by Crippen LogP contribution is 2.28. The fraction of sp³-hybridized carbons (Fsp3) is 0.524. The van der Waals surface area contributed by atoms with Crippen LogP contribution in [0.25, 0.3) is 0 Å². The third kappa shape index (κ3) is 19.7. The number of halogens is 4. The molecule has 17 nitrogen and oxygen atoms in total. The molecule has 0 aromatic heterocycles. The monoisotopic (exact) mass is 908 g/mol. The number of nitrogens with zero attached hydrogens (tertiary/aromatic N) is 5. The molecule has 3 aromatic rings. The van der Waals surface area contributed by atoms with Gasteiger partial charge in [-0.1, -0.05) is 14.9 Å². The van der Waals surface area contributed by atoms with E-state index in [1.54, 1.807) is 29.7 Å². The van der Waals surface area contributed by atoms with Gasteiger partial charge < -0.3 is 46.3 Å². The van der Waals surface area contributed by atoms with Gasteiger partial charge in [0.05, 0.1) is 46.6 Å². The summed E-state index contributed by atoms with van der Waals surface area (Å²) in [6.07, 6.45) is 4.68. The molecule has 22 heteroatoms. The first-order chi connectivity index (χ1) is 29.0. The normalized spacial score (nSPS) is 15.2. The van der Waals surface area contributed by atoms with E-state index in [0.717, 1.165) is 30.7 Å². The minimum absolute atomic E-state index is 0. The van der Waals surface area contributed by atoms with Crippen molar-refractivity contribution in [3.63, 3.8) is 0 Å². The number of hydrogen-bond donors (Lipinski definition) is 4. The third-order valence-electron chi connectivity index (χ3n) is 9.80. The van der Waals surface area contributed by atoms with E-state index in [0.29, 0.717) is 81.8 Å². The Morgan fingerprint density at radius 1 is 0.672 bits per heavy atom. The second-order valence-electron chi connectivity index (χ2n) is 14.4. The molecule has 0 saturated carbocycles. The lowest BCUT2D eigenvalue weighted by molar-refractivity contribution is -0.387. The van der Waals surface area contributed by atoms with Crippen LogP contribution in [0.4, 0.5) is 55.6 Å². The molecule has 64 heavy (non-hydrogen) atoms. The van der Waals surface area contributed by atoms with Crippen LogP contribution in [-0.4, -0.2) is 123 Å². The van der Waals surface area contributed by atoms with Crippen LogP contribution >= 0.6 is 0 Å². The van der Waals surface area contributed by atoms with Gasteiger partial charge in [0.25, 0.3) is 5.69 Å². The van der Waals surface area contributed by atoms with Crippen molar-refractivity contribution < 1.29 is 46.5 Å². The van der Waals surface area contributed by atoms with Crippen molar-refractivity contribution in [1.29, 1.82) is 0 Å². The second-order valence-corrected chi connectivity index (χ2v) is 14.4. The van der Waals surface area contributed by atoms with Crippen molar-refractivity contribution >= 4 is 49.0 Å². The molecule has 6 rings (SSSR count). The number of carbonyl (C=O) groups is 2. The molecular weight excluding hydrogens is 845 g/mol. The number of nitrogen functional groups attached to an aromatic ring is 1. The van der Waals surface area contributed by atoms with E-state index < -0.39 is 33.0 Å². The van der Waals surface area contributed by atoms with Gasteiger partial charge in [0.2, 0.25) is 5.82 Å². The van der Waals surface area contributed by atoms with E-state index in [1.165, 1.54) is 50.2 Å². The van der Waals surface area contributed by atoms with Gasteiger partial charge in [-0.05, 0) is 115 Å². The fourth-order valence-corrected chi connectivity index (χ4v) is 6.38. The number of rotatable bonds is 8. The van der Waals surface area contributed by atoms with Crippen LogP contribution in [0.3, 0.4) is 0 Å². The quantitative estimate of drug-likeness (QED) is 0.0553. The molecule has 0 spiro atoms. The van der Waals surface area contributed by atoms with E-state index >= 15 is 0 Å². The topological polar surface area (TPSA) is 225 Å². The zero-order valence-electron chi connectivity index (χ0n) is 35.1. The van der Waals surface area contributed by atoms with Gasteiger partial charge >= 0.3 is 17.9 Å². The van der Waals surface area contributed by atoms with E-state index in [2.05, 4.69) is 22.6 Å². The Labute approximate surface area is 374 Å². The van der Waals surface area contributed by atoms with Crippen LogP contribution in [0.5, 0.6) is 0 Å². The molecular formula is C42H63BF4N9O8. The maximum atomic E-state index is 13.1. The predicted octanol–water partition coefficient (Wildman–Crippen LogP) is 8.01. The number of amides is 2. The van der Waals surface area contributed by atoms with Gasteiger partial charge in [-0.3, -0.25) is 20.2 Å². The summed E-state index contributed by atoms with van der Waals surface area (Å²) in [4.78, 5) is 48.2. The van der Waals surface area contributed by atoms with Gasteiger partial charge in [-0.2, -0.15) is 4.39 Å². The second kappa shape index (κ2) is 29.5. The Bertz CT molecular complexity index is 1890. The van der Waals surface area contributed by atoms with E-state index in [9.17, 15) is 47.4 Å². The van der Waals surface area contributed by atoms with Crippen LogP contribution in [0.15, 0.2) is 54.6 Å². The molecule has 2 amide bonds. The molecule has 3 aromatic carbocycles. The van der Waals surface area contributed by atoms with Crippen LogP contribution in [0, 0.1) is 43.5 Å². The Morgan fingerprint density at radius 3 is 1.45 bits per heavy atom. The van der Waals surface area contributed by atoms with E-state index in [4.69, 9.17) is 20.9 Å². The summed E-state index contributed by atoms with van der Waals surface area (Å²) in [6, 6.07) is 10.6. The molecule has 355 valence electrons. The highest BCUT2D eigenvalue weighted by Gasteiger charge is 2.26. The van der Waals surface area contributed by atoms with Crippen molar-refractivity contribution in [3.05, 3.63) is 98.1 Å². The SMILES string of the molecule is C.C.CCOC(=O)N1CCC(Nc2ccc(F)cc2N)CC1.CCOC(=O)N1CCC(Nc2ccc(F)cc2[N+](=O)[O-])CC1.CN1CCC(N)CC1.O=[N+]([O-])c1cc(F)ccc1F.[B]. The fourth-order valence-electron chi connectivity index (χ4n) is 6.38. The Hall–Kier alpha value is -5.90. The van der Waals surface area contributed by atoms with Gasteiger partial charge in [0.15, 0.2) is 0 Å². The number of nitro groups is 2. The number of likely N-dealkylation sites (tertiary alicyclic amines) is 3. The molecule has 3 aliphatic heterocycles. The summed E-state index contributed by atoms with van der Waals surface area (Å²) in [5, 5.41) is 27.3. The van der Waals surface area contributed by atoms with Crippen LogP contribution in [-0.2, 0) is 9.47 Å².